The van der Waals surface area contributed by atoms with Crippen LogP contribution in [0.25, 0.3) is 0 Å². The van der Waals surface area contributed by atoms with E-state index in [-0.39, 0.29) is 17.6 Å². The van der Waals surface area contributed by atoms with Gasteiger partial charge in [-0.2, -0.15) is 0 Å². The molecule has 0 aromatic heterocycles. The summed E-state index contributed by atoms with van der Waals surface area (Å²) in [6.45, 7) is 3.52. The summed E-state index contributed by atoms with van der Waals surface area (Å²) in [5.74, 6) is -1.55. The Morgan fingerprint density at radius 2 is 1.79 bits per heavy atom. The van der Waals surface area contributed by atoms with E-state index in [0.717, 1.165) is 0 Å². The highest BCUT2D eigenvalue weighted by Gasteiger charge is 2.60. The molecule has 0 spiro atoms. The van der Waals surface area contributed by atoms with Gasteiger partial charge in [-0.15, -0.1) is 0 Å². The van der Waals surface area contributed by atoms with Crippen LogP contribution in [0.4, 0.5) is 11.4 Å². The first-order valence-corrected chi connectivity index (χ1v) is 9.50. The van der Waals surface area contributed by atoms with Gasteiger partial charge in [-0.3, -0.25) is 29.4 Å². The molecule has 4 rings (SSSR count). The van der Waals surface area contributed by atoms with Crippen molar-refractivity contribution < 1.29 is 19.3 Å². The molecule has 0 bridgehead atoms. The van der Waals surface area contributed by atoms with E-state index in [1.165, 1.54) is 22.1 Å². The fourth-order valence-electron chi connectivity index (χ4n) is 3.92. The smallest absolute Gasteiger partial charge is 0.269 e. The lowest BCUT2D eigenvalue weighted by Crippen LogP contribution is -2.41. The SMILES string of the molecule is CC(C)N1C(=O)[C@@H]2[C@@H](ON(c3ccc(Cl)cc3)[C@H]2c2cccc([N+](=O)[O-])c2)C1=O. The molecule has 3 atom stereocenters. The summed E-state index contributed by atoms with van der Waals surface area (Å²) in [6, 6.07) is 11.8. The van der Waals surface area contributed by atoms with Crippen LogP contribution >= 0.6 is 11.6 Å². The molecule has 29 heavy (non-hydrogen) atoms. The van der Waals surface area contributed by atoms with Crippen LogP contribution in [0.1, 0.15) is 25.5 Å². The van der Waals surface area contributed by atoms with Gasteiger partial charge in [0.15, 0.2) is 6.10 Å². The number of carbonyl (C=O) groups is 2. The molecule has 0 aliphatic carbocycles. The molecule has 2 amide bonds. The molecule has 150 valence electrons. The highest BCUT2D eigenvalue weighted by Crippen LogP contribution is 2.47. The van der Waals surface area contributed by atoms with Gasteiger partial charge in [-0.05, 0) is 43.7 Å². The van der Waals surface area contributed by atoms with Crippen LogP contribution < -0.4 is 5.06 Å². The van der Waals surface area contributed by atoms with Crippen molar-refractivity contribution in [2.45, 2.75) is 32.0 Å². The van der Waals surface area contributed by atoms with Crippen molar-refractivity contribution in [1.82, 2.24) is 4.90 Å². The molecule has 0 radical (unpaired) electrons. The summed E-state index contributed by atoms with van der Waals surface area (Å²) < 4.78 is 0. The van der Waals surface area contributed by atoms with E-state index in [1.54, 1.807) is 50.2 Å². The number of hydrogen-bond acceptors (Lipinski definition) is 6. The van der Waals surface area contributed by atoms with Gasteiger partial charge in [-0.25, -0.2) is 5.06 Å². The lowest BCUT2D eigenvalue weighted by molar-refractivity contribution is -0.384. The molecule has 2 aromatic carbocycles. The van der Waals surface area contributed by atoms with E-state index in [1.807, 2.05) is 0 Å². The van der Waals surface area contributed by atoms with E-state index in [2.05, 4.69) is 0 Å². The zero-order chi connectivity index (χ0) is 20.9. The van der Waals surface area contributed by atoms with Crippen molar-refractivity contribution in [3.63, 3.8) is 0 Å². The Bertz CT molecular complexity index is 994. The minimum absolute atomic E-state index is 0.0977. The number of nitro benzene ring substituents is 1. The minimum Gasteiger partial charge on any atom is -0.277 e. The van der Waals surface area contributed by atoms with Crippen molar-refractivity contribution >= 4 is 34.8 Å². The van der Waals surface area contributed by atoms with Crippen LogP contribution in [-0.4, -0.2) is 33.8 Å². The molecule has 2 fully saturated rings. The van der Waals surface area contributed by atoms with E-state index >= 15 is 0 Å². The van der Waals surface area contributed by atoms with Crippen LogP contribution in [0.2, 0.25) is 5.02 Å². The molecule has 9 heteroatoms. The summed E-state index contributed by atoms with van der Waals surface area (Å²) in [6.07, 6.45) is -0.982. The third-order valence-corrected chi connectivity index (χ3v) is 5.42. The minimum atomic E-state index is -0.982. The third-order valence-electron chi connectivity index (χ3n) is 5.17. The Hall–Kier alpha value is -2.97. The molecule has 2 aliphatic rings. The van der Waals surface area contributed by atoms with Gasteiger partial charge in [0.1, 0.15) is 5.92 Å². The molecule has 2 heterocycles. The first-order valence-electron chi connectivity index (χ1n) is 9.12. The summed E-state index contributed by atoms with van der Waals surface area (Å²) in [4.78, 5) is 43.9. The van der Waals surface area contributed by atoms with Crippen LogP contribution in [0.5, 0.6) is 0 Å². The van der Waals surface area contributed by atoms with Gasteiger partial charge >= 0.3 is 0 Å². The molecule has 0 saturated carbocycles. The zero-order valence-corrected chi connectivity index (χ0v) is 16.4. The second-order valence-corrected chi connectivity index (χ2v) is 7.73. The fraction of sp³-hybridized carbons (Fsp3) is 0.300. The zero-order valence-electron chi connectivity index (χ0n) is 15.7. The maximum Gasteiger partial charge on any atom is 0.269 e. The molecule has 2 aliphatic heterocycles. The average Bonchev–Trinajstić information content (AvgIpc) is 3.19. The first kappa shape index (κ1) is 19.4. The Balaban J connectivity index is 1.82. The summed E-state index contributed by atoms with van der Waals surface area (Å²) >= 11 is 5.97. The largest absolute Gasteiger partial charge is 0.277 e. The van der Waals surface area contributed by atoms with Gasteiger partial charge < -0.3 is 0 Å². The van der Waals surface area contributed by atoms with Gasteiger partial charge in [0.2, 0.25) is 5.91 Å². The fourth-order valence-corrected chi connectivity index (χ4v) is 4.04. The van der Waals surface area contributed by atoms with Crippen molar-refractivity contribution in [2.75, 3.05) is 5.06 Å². The number of nitro groups is 1. The van der Waals surface area contributed by atoms with Crippen molar-refractivity contribution in [3.8, 4) is 0 Å². The third kappa shape index (κ3) is 3.14. The number of rotatable bonds is 4. The predicted octanol–water partition coefficient (Wildman–Crippen LogP) is 3.50. The van der Waals surface area contributed by atoms with Crippen LogP contribution in [0.3, 0.4) is 0 Å². The summed E-state index contributed by atoms with van der Waals surface area (Å²) in [7, 11) is 0. The number of carbonyl (C=O) groups excluding carboxylic acids is 2. The second kappa shape index (κ2) is 7.13. The van der Waals surface area contributed by atoms with Crippen molar-refractivity contribution in [3.05, 3.63) is 69.2 Å². The maximum atomic E-state index is 13.1. The molecule has 2 saturated heterocycles. The molecule has 8 nitrogen and oxygen atoms in total. The molecule has 0 N–H and O–H groups in total. The Morgan fingerprint density at radius 1 is 1.10 bits per heavy atom. The Morgan fingerprint density at radius 3 is 2.41 bits per heavy atom. The monoisotopic (exact) mass is 415 g/mol. The van der Waals surface area contributed by atoms with Gasteiger partial charge in [0.25, 0.3) is 11.6 Å². The average molecular weight is 416 g/mol. The number of hydroxylamine groups is 1. The number of non-ortho nitro benzene ring substituents is 1. The number of nitrogens with zero attached hydrogens (tertiary/aromatic N) is 3. The topological polar surface area (TPSA) is 93.0 Å². The molecular weight excluding hydrogens is 398 g/mol. The molecule has 0 unspecified atom stereocenters. The van der Waals surface area contributed by atoms with Gasteiger partial charge in [-0.1, -0.05) is 23.7 Å². The Kier molecular flexibility index (Phi) is 4.76. The number of hydrogen-bond donors (Lipinski definition) is 0. The number of amides is 2. The van der Waals surface area contributed by atoms with Gasteiger partial charge in [0, 0.05) is 23.2 Å². The standard InChI is InChI=1S/C20H18ClN3O5/c1-11(2)22-19(25)16-17(12-4-3-5-15(10-12)24(27)28)23(29-18(16)20(22)26)14-8-6-13(21)7-9-14/h3-11,16-18H,1-2H3/t16-,17-,18+/m0/s1. The summed E-state index contributed by atoms with van der Waals surface area (Å²) in [5.41, 5.74) is 1.02. The van der Waals surface area contributed by atoms with Crippen LogP contribution in [0.15, 0.2) is 48.5 Å². The highest BCUT2D eigenvalue weighted by molar-refractivity contribution is 6.30. The Labute approximate surface area is 171 Å². The lowest BCUT2D eigenvalue weighted by atomic mass is 9.90. The van der Waals surface area contributed by atoms with E-state index in [0.29, 0.717) is 16.3 Å². The predicted molar refractivity (Wildman–Crippen MR) is 105 cm³/mol. The number of likely N-dealkylation sites (tertiary alicyclic amines) is 1. The highest BCUT2D eigenvalue weighted by atomic mass is 35.5. The number of imide groups is 1. The molecule has 2 aromatic rings. The number of anilines is 1. The molecular formula is C20H18ClN3O5. The van der Waals surface area contributed by atoms with Crippen molar-refractivity contribution in [1.29, 1.82) is 0 Å². The maximum absolute atomic E-state index is 13.1. The van der Waals surface area contributed by atoms with Crippen LogP contribution in [0, 0.1) is 16.0 Å². The number of fused-ring (bicyclic) bond motifs is 1. The second-order valence-electron chi connectivity index (χ2n) is 7.29. The number of benzene rings is 2. The quantitative estimate of drug-likeness (QED) is 0.431. The first-order chi connectivity index (χ1) is 13.8. The van der Waals surface area contributed by atoms with E-state index < -0.39 is 28.9 Å². The van der Waals surface area contributed by atoms with E-state index in [4.69, 9.17) is 16.4 Å². The van der Waals surface area contributed by atoms with Gasteiger partial charge in [0.05, 0.1) is 16.7 Å². The number of halogens is 1. The van der Waals surface area contributed by atoms with E-state index in [9.17, 15) is 19.7 Å². The van der Waals surface area contributed by atoms with Crippen LogP contribution in [-0.2, 0) is 14.4 Å². The normalized spacial score (nSPS) is 23.8. The van der Waals surface area contributed by atoms with Crippen molar-refractivity contribution in [2.24, 2.45) is 5.92 Å². The summed E-state index contributed by atoms with van der Waals surface area (Å²) in [5, 5.41) is 13.3. The lowest BCUT2D eigenvalue weighted by Gasteiger charge is -2.29.